The maximum Gasteiger partial charge on any atom is 0.264 e. The molecule has 7 heteroatoms. The summed E-state index contributed by atoms with van der Waals surface area (Å²) < 4.78 is 33.7. The van der Waals surface area contributed by atoms with E-state index in [1.54, 1.807) is 36.4 Å². The van der Waals surface area contributed by atoms with Crippen molar-refractivity contribution in [2.45, 2.75) is 44.1 Å². The molecule has 1 atom stereocenters. The monoisotopic (exact) mass is 402 g/mol. The Labute approximate surface area is 166 Å². The van der Waals surface area contributed by atoms with Crippen LogP contribution >= 0.6 is 0 Å². The molecule has 0 bridgehead atoms. The van der Waals surface area contributed by atoms with E-state index in [2.05, 4.69) is 12.2 Å². The summed E-state index contributed by atoms with van der Waals surface area (Å²) in [5, 5.41) is 2.78. The first kappa shape index (κ1) is 20.2. The Bertz CT molecular complexity index is 926. The van der Waals surface area contributed by atoms with Crippen molar-refractivity contribution >= 4 is 21.6 Å². The van der Waals surface area contributed by atoms with Gasteiger partial charge in [0, 0.05) is 6.54 Å². The van der Waals surface area contributed by atoms with Gasteiger partial charge in [-0.05, 0) is 42.7 Å². The van der Waals surface area contributed by atoms with Gasteiger partial charge in [0.2, 0.25) is 0 Å². The number of sulfonamides is 1. The highest BCUT2D eigenvalue weighted by atomic mass is 32.2. The van der Waals surface area contributed by atoms with Gasteiger partial charge in [0.1, 0.15) is 5.75 Å². The smallest absolute Gasteiger partial charge is 0.264 e. The van der Waals surface area contributed by atoms with Crippen LogP contribution in [0.2, 0.25) is 0 Å². The number of carbonyl (C=O) groups excluding carboxylic acids is 1. The first-order valence-corrected chi connectivity index (χ1v) is 11.1. The van der Waals surface area contributed by atoms with Gasteiger partial charge in [-0.2, -0.15) is 0 Å². The van der Waals surface area contributed by atoms with Gasteiger partial charge in [-0.15, -0.1) is 0 Å². The lowest BCUT2D eigenvalue weighted by atomic mass is 10.1. The average molecular weight is 403 g/mol. The second kappa shape index (κ2) is 8.65. The molecule has 150 valence electrons. The highest BCUT2D eigenvalue weighted by molar-refractivity contribution is 7.92. The standard InChI is InChI=1S/C21H26N2O4S/c1-3-7-16-10-12-17(13-11-16)28(25,26)23-15-20(21(24)22-14-4-2)27-19-9-6-5-8-18(19)23/h5-6,8-13,20H,3-4,7,14-15H2,1-2H3,(H,22,24). The number of rotatable bonds is 7. The SMILES string of the molecule is CCCNC(=O)C1CN(S(=O)(=O)c2ccc(CCC)cc2)c2ccccc2O1. The Morgan fingerprint density at radius 1 is 1.11 bits per heavy atom. The molecule has 0 saturated carbocycles. The highest BCUT2D eigenvalue weighted by Crippen LogP contribution is 2.36. The lowest BCUT2D eigenvalue weighted by molar-refractivity contribution is -0.127. The fraction of sp³-hybridized carbons (Fsp3) is 0.381. The van der Waals surface area contributed by atoms with Gasteiger partial charge in [-0.25, -0.2) is 8.42 Å². The molecule has 2 aromatic carbocycles. The molecule has 6 nitrogen and oxygen atoms in total. The molecule has 0 saturated heterocycles. The van der Waals surface area contributed by atoms with Crippen molar-refractivity contribution in [3.63, 3.8) is 0 Å². The number of hydrogen-bond donors (Lipinski definition) is 1. The van der Waals surface area contributed by atoms with Crippen LogP contribution in [0.1, 0.15) is 32.3 Å². The normalized spacial score (nSPS) is 16.2. The Hall–Kier alpha value is -2.54. The molecule has 1 aliphatic heterocycles. The van der Waals surface area contributed by atoms with Crippen LogP contribution in [0.15, 0.2) is 53.4 Å². The lowest BCUT2D eigenvalue weighted by Crippen LogP contribution is -2.50. The van der Waals surface area contributed by atoms with Crippen molar-refractivity contribution in [1.29, 1.82) is 0 Å². The Kier molecular flexibility index (Phi) is 6.24. The van der Waals surface area contributed by atoms with Crippen LogP contribution in [-0.4, -0.2) is 33.5 Å². The molecule has 0 radical (unpaired) electrons. The van der Waals surface area contributed by atoms with Crippen LogP contribution in [-0.2, 0) is 21.2 Å². The molecule has 2 aromatic rings. The molecule has 1 heterocycles. The van der Waals surface area contributed by atoms with Crippen molar-refractivity contribution in [3.8, 4) is 5.75 Å². The number of nitrogens with one attached hydrogen (secondary N) is 1. The average Bonchev–Trinajstić information content (AvgIpc) is 2.71. The minimum Gasteiger partial charge on any atom is -0.476 e. The summed E-state index contributed by atoms with van der Waals surface area (Å²) in [4.78, 5) is 12.6. The highest BCUT2D eigenvalue weighted by Gasteiger charge is 2.37. The minimum atomic E-state index is -3.82. The number of ether oxygens (including phenoxy) is 1. The molecule has 0 aromatic heterocycles. The van der Waals surface area contributed by atoms with Crippen LogP contribution in [0.5, 0.6) is 5.75 Å². The summed E-state index contributed by atoms with van der Waals surface area (Å²) in [5.74, 6) is 0.0754. The van der Waals surface area contributed by atoms with Gasteiger partial charge < -0.3 is 10.1 Å². The van der Waals surface area contributed by atoms with Crippen LogP contribution < -0.4 is 14.4 Å². The fourth-order valence-corrected chi connectivity index (χ4v) is 4.65. The maximum atomic E-state index is 13.3. The van der Waals surface area contributed by atoms with E-state index in [1.165, 1.54) is 4.31 Å². The maximum absolute atomic E-state index is 13.3. The third kappa shape index (κ3) is 4.14. The van der Waals surface area contributed by atoms with E-state index in [-0.39, 0.29) is 17.3 Å². The van der Waals surface area contributed by atoms with Crippen molar-refractivity contribution in [1.82, 2.24) is 5.32 Å². The second-order valence-corrected chi connectivity index (χ2v) is 8.66. The van der Waals surface area contributed by atoms with Crippen LogP contribution in [0.3, 0.4) is 0 Å². The van der Waals surface area contributed by atoms with E-state index in [1.807, 2.05) is 19.1 Å². The van der Waals surface area contributed by atoms with Gasteiger partial charge in [0.05, 0.1) is 17.1 Å². The Morgan fingerprint density at radius 3 is 2.50 bits per heavy atom. The summed E-state index contributed by atoms with van der Waals surface area (Å²) >= 11 is 0. The Morgan fingerprint density at radius 2 is 1.82 bits per heavy atom. The first-order chi connectivity index (χ1) is 13.5. The summed E-state index contributed by atoms with van der Waals surface area (Å²) in [7, 11) is -3.82. The number of carbonyl (C=O) groups is 1. The first-order valence-electron chi connectivity index (χ1n) is 9.62. The molecule has 0 fully saturated rings. The zero-order chi connectivity index (χ0) is 20.1. The summed E-state index contributed by atoms with van der Waals surface area (Å²) in [6.07, 6.45) is 1.80. The zero-order valence-electron chi connectivity index (χ0n) is 16.2. The third-order valence-electron chi connectivity index (χ3n) is 4.63. The topological polar surface area (TPSA) is 75.7 Å². The van der Waals surface area contributed by atoms with E-state index in [0.717, 1.165) is 24.8 Å². The Balaban J connectivity index is 1.94. The molecule has 1 N–H and O–H groups in total. The van der Waals surface area contributed by atoms with E-state index in [4.69, 9.17) is 4.74 Å². The summed E-state index contributed by atoms with van der Waals surface area (Å²) in [5.41, 5.74) is 1.54. The molecule has 1 aliphatic rings. The second-order valence-electron chi connectivity index (χ2n) is 6.80. The molecule has 0 spiro atoms. The molecular formula is C21H26N2O4S. The van der Waals surface area contributed by atoms with Crippen molar-refractivity contribution in [3.05, 3.63) is 54.1 Å². The molecular weight excluding hydrogens is 376 g/mol. The van der Waals surface area contributed by atoms with Crippen LogP contribution in [0.4, 0.5) is 5.69 Å². The predicted molar refractivity (Wildman–Crippen MR) is 109 cm³/mol. The largest absolute Gasteiger partial charge is 0.476 e. The fourth-order valence-electron chi connectivity index (χ4n) is 3.17. The third-order valence-corrected chi connectivity index (χ3v) is 6.42. The number of aryl methyl sites for hydroxylation is 1. The van der Waals surface area contributed by atoms with Gasteiger partial charge in [-0.3, -0.25) is 9.10 Å². The predicted octanol–water partition coefficient (Wildman–Crippen LogP) is 3.12. The number of amides is 1. The molecule has 28 heavy (non-hydrogen) atoms. The van der Waals surface area contributed by atoms with E-state index in [0.29, 0.717) is 18.0 Å². The van der Waals surface area contributed by atoms with Crippen LogP contribution in [0.25, 0.3) is 0 Å². The van der Waals surface area contributed by atoms with Crippen molar-refractivity contribution in [2.24, 2.45) is 0 Å². The summed E-state index contributed by atoms with van der Waals surface area (Å²) in [6, 6.07) is 13.8. The van der Waals surface area contributed by atoms with E-state index >= 15 is 0 Å². The summed E-state index contributed by atoms with van der Waals surface area (Å²) in [6.45, 7) is 4.49. The van der Waals surface area contributed by atoms with Crippen molar-refractivity contribution in [2.75, 3.05) is 17.4 Å². The van der Waals surface area contributed by atoms with E-state index in [9.17, 15) is 13.2 Å². The minimum absolute atomic E-state index is 0.0639. The molecule has 1 unspecified atom stereocenters. The van der Waals surface area contributed by atoms with Crippen molar-refractivity contribution < 1.29 is 17.9 Å². The van der Waals surface area contributed by atoms with E-state index < -0.39 is 16.1 Å². The number of nitrogens with zero attached hydrogens (tertiary/aromatic N) is 1. The van der Waals surface area contributed by atoms with Gasteiger partial charge in [-0.1, -0.05) is 44.5 Å². The number of benzene rings is 2. The number of hydrogen-bond acceptors (Lipinski definition) is 4. The number of para-hydroxylation sites is 2. The zero-order valence-corrected chi connectivity index (χ0v) is 17.0. The molecule has 1 amide bonds. The van der Waals surface area contributed by atoms with Crippen LogP contribution in [0, 0.1) is 0 Å². The van der Waals surface area contributed by atoms with Gasteiger partial charge in [0.25, 0.3) is 15.9 Å². The van der Waals surface area contributed by atoms with Gasteiger partial charge in [0.15, 0.2) is 6.10 Å². The molecule has 0 aliphatic carbocycles. The lowest BCUT2D eigenvalue weighted by Gasteiger charge is -2.34. The van der Waals surface area contributed by atoms with Gasteiger partial charge >= 0.3 is 0 Å². The molecule has 3 rings (SSSR count). The number of anilines is 1. The quantitative estimate of drug-likeness (QED) is 0.772. The number of fused-ring (bicyclic) bond motifs is 1.